The Morgan fingerprint density at radius 2 is 2.05 bits per heavy atom. The van der Waals surface area contributed by atoms with Crippen molar-refractivity contribution in [1.82, 2.24) is 4.31 Å². The number of nitrogens with two attached hydrogens (primary N) is 1. The minimum Gasteiger partial charge on any atom is -0.326 e. The number of halogens is 3. The molecule has 1 saturated carbocycles. The van der Waals surface area contributed by atoms with Crippen molar-refractivity contribution in [3.63, 3.8) is 0 Å². The van der Waals surface area contributed by atoms with Gasteiger partial charge < -0.3 is 5.73 Å². The van der Waals surface area contributed by atoms with Gasteiger partial charge in [-0.25, -0.2) is 8.42 Å². The fourth-order valence-corrected chi connectivity index (χ4v) is 4.50. The van der Waals surface area contributed by atoms with Gasteiger partial charge in [0.25, 0.3) is 0 Å². The van der Waals surface area contributed by atoms with Gasteiger partial charge in [-0.2, -0.15) is 17.5 Å². The third kappa shape index (κ3) is 3.47. The summed E-state index contributed by atoms with van der Waals surface area (Å²) in [6.45, 7) is -1.27. The van der Waals surface area contributed by atoms with E-state index in [0.29, 0.717) is 22.0 Å². The summed E-state index contributed by atoms with van der Waals surface area (Å²) in [6, 6.07) is 0.805. The maximum Gasteiger partial charge on any atom is 0.402 e. The van der Waals surface area contributed by atoms with E-state index in [1.165, 1.54) is 11.4 Å². The van der Waals surface area contributed by atoms with Crippen molar-refractivity contribution in [2.24, 2.45) is 5.73 Å². The van der Waals surface area contributed by atoms with Crippen LogP contribution in [0.1, 0.15) is 17.7 Å². The number of sulfonamides is 1. The average Bonchev–Trinajstić information content (AvgIpc) is 3.00. The van der Waals surface area contributed by atoms with Crippen LogP contribution in [0.3, 0.4) is 0 Å². The van der Waals surface area contributed by atoms with Gasteiger partial charge in [0.15, 0.2) is 0 Å². The van der Waals surface area contributed by atoms with Crippen molar-refractivity contribution in [1.29, 1.82) is 0 Å². The molecule has 2 N–H and O–H groups in total. The smallest absolute Gasteiger partial charge is 0.326 e. The fraction of sp³-hybridized carbons (Fsp3) is 0.600. The Labute approximate surface area is 113 Å². The van der Waals surface area contributed by atoms with Gasteiger partial charge in [0, 0.05) is 22.8 Å². The summed E-state index contributed by atoms with van der Waals surface area (Å²) in [7, 11) is -4.09. The van der Waals surface area contributed by atoms with Crippen LogP contribution in [0, 0.1) is 0 Å². The van der Waals surface area contributed by atoms with Crippen LogP contribution in [-0.4, -0.2) is 31.5 Å². The zero-order chi connectivity index (χ0) is 14.3. The van der Waals surface area contributed by atoms with Crippen LogP contribution in [-0.2, 0) is 16.6 Å². The Kier molecular flexibility index (Phi) is 3.92. The molecule has 1 fully saturated rings. The first-order valence-electron chi connectivity index (χ1n) is 5.60. The van der Waals surface area contributed by atoms with E-state index in [4.69, 9.17) is 5.73 Å². The number of hydrogen-bond donors (Lipinski definition) is 1. The maximum atomic E-state index is 12.5. The summed E-state index contributed by atoms with van der Waals surface area (Å²) in [5.41, 5.74) is 5.38. The lowest BCUT2D eigenvalue weighted by atomic mass is 10.5. The Balaban J connectivity index is 2.29. The highest BCUT2D eigenvalue weighted by molar-refractivity contribution is 7.89. The van der Waals surface area contributed by atoms with E-state index in [1.54, 1.807) is 0 Å². The fourth-order valence-electron chi connectivity index (χ4n) is 1.69. The first-order chi connectivity index (χ1) is 8.74. The molecule has 2 rings (SSSR count). The Morgan fingerprint density at radius 3 is 2.47 bits per heavy atom. The van der Waals surface area contributed by atoms with E-state index in [-0.39, 0.29) is 11.4 Å². The zero-order valence-electron chi connectivity index (χ0n) is 9.85. The SMILES string of the molecule is NCc1cc(S(=O)(=O)N(CC(F)(F)F)C2CC2)cs1. The summed E-state index contributed by atoms with van der Waals surface area (Å²) in [5.74, 6) is 0. The maximum absolute atomic E-state index is 12.5. The molecule has 1 aromatic heterocycles. The van der Waals surface area contributed by atoms with Crippen molar-refractivity contribution in [3.8, 4) is 0 Å². The molecular weight excluding hydrogens is 301 g/mol. The molecule has 0 unspecified atom stereocenters. The molecule has 0 bridgehead atoms. The normalized spacial score (nSPS) is 17.1. The van der Waals surface area contributed by atoms with E-state index in [9.17, 15) is 21.6 Å². The van der Waals surface area contributed by atoms with Crippen LogP contribution in [0.4, 0.5) is 13.2 Å². The Morgan fingerprint density at radius 1 is 1.42 bits per heavy atom. The molecular formula is C10H13F3N2O2S2. The third-order valence-corrected chi connectivity index (χ3v) is 5.71. The number of thiophene rings is 1. The predicted octanol–water partition coefficient (Wildman–Crippen LogP) is 1.92. The second kappa shape index (κ2) is 5.04. The van der Waals surface area contributed by atoms with Crippen LogP contribution in [0.5, 0.6) is 0 Å². The molecule has 1 aromatic rings. The molecule has 9 heteroatoms. The van der Waals surface area contributed by atoms with Crippen LogP contribution >= 0.6 is 11.3 Å². The van der Waals surface area contributed by atoms with Gasteiger partial charge in [0.2, 0.25) is 10.0 Å². The van der Waals surface area contributed by atoms with Crippen LogP contribution < -0.4 is 5.73 Å². The molecule has 1 heterocycles. The Bertz CT molecular complexity index is 549. The number of hydrogen-bond acceptors (Lipinski definition) is 4. The lowest BCUT2D eigenvalue weighted by Gasteiger charge is -2.22. The van der Waals surface area contributed by atoms with Gasteiger partial charge in [0.1, 0.15) is 6.54 Å². The van der Waals surface area contributed by atoms with Gasteiger partial charge in [-0.3, -0.25) is 0 Å². The topological polar surface area (TPSA) is 63.4 Å². The van der Waals surface area contributed by atoms with Gasteiger partial charge in [0.05, 0.1) is 4.90 Å². The van der Waals surface area contributed by atoms with Gasteiger partial charge in [-0.15, -0.1) is 11.3 Å². The minimum absolute atomic E-state index is 0.103. The lowest BCUT2D eigenvalue weighted by Crippen LogP contribution is -2.40. The second-order valence-corrected chi connectivity index (χ2v) is 7.24. The molecule has 0 aromatic carbocycles. The first kappa shape index (κ1) is 14.8. The van der Waals surface area contributed by atoms with Crippen molar-refractivity contribution >= 4 is 21.4 Å². The molecule has 1 aliphatic carbocycles. The minimum atomic E-state index is -4.54. The molecule has 108 valence electrons. The van der Waals surface area contributed by atoms with Crippen LogP contribution in [0.2, 0.25) is 0 Å². The van der Waals surface area contributed by atoms with E-state index in [2.05, 4.69) is 0 Å². The van der Waals surface area contributed by atoms with E-state index >= 15 is 0 Å². The molecule has 0 spiro atoms. The van der Waals surface area contributed by atoms with Gasteiger partial charge >= 0.3 is 6.18 Å². The van der Waals surface area contributed by atoms with Crippen LogP contribution in [0.25, 0.3) is 0 Å². The molecule has 0 atom stereocenters. The highest BCUT2D eigenvalue weighted by Gasteiger charge is 2.44. The number of alkyl halides is 3. The zero-order valence-corrected chi connectivity index (χ0v) is 11.5. The van der Waals surface area contributed by atoms with Crippen molar-refractivity contribution in [2.45, 2.75) is 36.5 Å². The molecule has 19 heavy (non-hydrogen) atoms. The molecule has 0 aliphatic heterocycles. The average molecular weight is 314 g/mol. The largest absolute Gasteiger partial charge is 0.402 e. The molecule has 0 amide bonds. The molecule has 0 radical (unpaired) electrons. The summed E-state index contributed by atoms with van der Waals surface area (Å²) in [4.78, 5) is 0.524. The quantitative estimate of drug-likeness (QED) is 0.903. The summed E-state index contributed by atoms with van der Waals surface area (Å²) >= 11 is 1.13. The van der Waals surface area contributed by atoms with E-state index in [0.717, 1.165) is 11.3 Å². The molecule has 4 nitrogen and oxygen atoms in total. The standard InChI is InChI=1S/C10H13F3N2O2S2/c11-10(12,13)6-15(7-1-2-7)19(16,17)9-3-8(4-14)18-5-9/h3,5,7H,1-2,4,6,14H2. The third-order valence-electron chi connectivity index (χ3n) is 2.73. The van der Waals surface area contributed by atoms with Gasteiger partial charge in [-0.05, 0) is 18.9 Å². The summed E-state index contributed by atoms with van der Waals surface area (Å²) in [5, 5.41) is 1.34. The first-order valence-corrected chi connectivity index (χ1v) is 7.92. The summed E-state index contributed by atoms with van der Waals surface area (Å²) in [6.07, 6.45) is -3.59. The molecule has 0 saturated heterocycles. The highest BCUT2D eigenvalue weighted by Crippen LogP contribution is 2.35. The number of rotatable bonds is 5. The van der Waals surface area contributed by atoms with Crippen molar-refractivity contribution in [2.75, 3.05) is 6.54 Å². The van der Waals surface area contributed by atoms with E-state index < -0.39 is 28.8 Å². The van der Waals surface area contributed by atoms with Crippen LogP contribution in [0.15, 0.2) is 16.3 Å². The molecule has 1 aliphatic rings. The second-order valence-electron chi connectivity index (χ2n) is 4.35. The van der Waals surface area contributed by atoms with Crippen molar-refractivity contribution in [3.05, 3.63) is 16.3 Å². The van der Waals surface area contributed by atoms with Gasteiger partial charge in [-0.1, -0.05) is 0 Å². The van der Waals surface area contributed by atoms with Crippen molar-refractivity contribution < 1.29 is 21.6 Å². The number of nitrogens with zero attached hydrogens (tertiary/aromatic N) is 1. The monoisotopic (exact) mass is 314 g/mol. The lowest BCUT2D eigenvalue weighted by molar-refractivity contribution is -0.137. The summed E-state index contributed by atoms with van der Waals surface area (Å²) < 4.78 is 62.4. The highest BCUT2D eigenvalue weighted by atomic mass is 32.2. The Hall–Kier alpha value is -0.640. The van der Waals surface area contributed by atoms with E-state index in [1.807, 2.05) is 0 Å². The predicted molar refractivity (Wildman–Crippen MR) is 65.2 cm³/mol.